The monoisotopic (exact) mass is 409 g/mol. The number of anilines is 2. The molecule has 0 aliphatic carbocycles. The first kappa shape index (κ1) is 20.9. The van der Waals surface area contributed by atoms with Crippen LogP contribution in [0.3, 0.4) is 0 Å². The van der Waals surface area contributed by atoms with Crippen molar-refractivity contribution in [2.24, 2.45) is 0 Å². The van der Waals surface area contributed by atoms with Gasteiger partial charge in [0.2, 0.25) is 0 Å². The predicted molar refractivity (Wildman–Crippen MR) is 117 cm³/mol. The minimum absolute atomic E-state index is 0.278. The van der Waals surface area contributed by atoms with Gasteiger partial charge in [0, 0.05) is 10.7 Å². The second-order valence-electron chi connectivity index (χ2n) is 7.28. The molecule has 0 bridgehead atoms. The van der Waals surface area contributed by atoms with Crippen molar-refractivity contribution in [2.75, 3.05) is 5.32 Å². The Hall–Kier alpha value is -2.83. The molecular weight excluding hydrogens is 388 g/mol. The van der Waals surface area contributed by atoms with Crippen molar-refractivity contribution in [1.29, 1.82) is 0 Å². The molecule has 0 heterocycles. The maximum absolute atomic E-state index is 14.2. The molecule has 1 atom stereocenters. The highest BCUT2D eigenvalue weighted by Gasteiger charge is 2.23. The predicted octanol–water partition coefficient (Wildman–Crippen LogP) is 7.28. The summed E-state index contributed by atoms with van der Waals surface area (Å²) in [7, 11) is 0. The second kappa shape index (κ2) is 9.11. The maximum Gasteiger partial charge on any atom is 0.146 e. The smallest absolute Gasteiger partial charge is 0.146 e. The first-order valence-electron chi connectivity index (χ1n) is 9.44. The molecule has 148 valence electrons. The summed E-state index contributed by atoms with van der Waals surface area (Å²) in [4.78, 5) is 0. The fourth-order valence-electron chi connectivity index (χ4n) is 3.28. The highest BCUT2D eigenvalue weighted by molar-refractivity contribution is 6.30. The summed E-state index contributed by atoms with van der Waals surface area (Å²) in [6.45, 7) is 1.98. The first-order valence-corrected chi connectivity index (χ1v) is 9.82. The van der Waals surface area contributed by atoms with Gasteiger partial charge >= 0.3 is 0 Å². The van der Waals surface area contributed by atoms with Crippen molar-refractivity contribution in [2.45, 2.75) is 31.6 Å². The Bertz CT molecular complexity index is 1010. The number of rotatable bonds is 7. The highest BCUT2D eigenvalue weighted by Crippen LogP contribution is 2.30. The van der Waals surface area contributed by atoms with Gasteiger partial charge in [-0.3, -0.25) is 0 Å². The molecular formula is C25H22ClF2N. The average Bonchev–Trinajstić information content (AvgIpc) is 2.72. The van der Waals surface area contributed by atoms with Gasteiger partial charge in [0.1, 0.15) is 11.6 Å². The van der Waals surface area contributed by atoms with Gasteiger partial charge in [-0.05, 0) is 85.8 Å². The minimum atomic E-state index is -0.474. The van der Waals surface area contributed by atoms with Crippen molar-refractivity contribution in [1.82, 2.24) is 0 Å². The third-order valence-electron chi connectivity index (χ3n) is 5.10. The van der Waals surface area contributed by atoms with Crippen LogP contribution in [-0.4, -0.2) is 0 Å². The van der Waals surface area contributed by atoms with E-state index in [1.54, 1.807) is 42.5 Å². The normalized spacial score (nSPS) is 12.8. The summed E-state index contributed by atoms with van der Waals surface area (Å²) >= 11 is 5.89. The van der Waals surface area contributed by atoms with Crippen molar-refractivity contribution in [3.63, 3.8) is 0 Å². The molecule has 3 aromatic rings. The Morgan fingerprint density at radius 3 is 2.34 bits per heavy atom. The standard InChI is InChI=1S/C25H22ClF2N/c1-3-25(2,19-7-11-21(27)12-8-19)16-4-5-18-6-15-23(28)24(17-18)29-22-13-9-20(26)10-14-22/h1,6-15,17,29H,4-5,16H2,2H3. The van der Waals surface area contributed by atoms with E-state index >= 15 is 0 Å². The number of terminal acetylenes is 1. The molecule has 0 aromatic heterocycles. The average molecular weight is 410 g/mol. The van der Waals surface area contributed by atoms with Crippen LogP contribution in [0.1, 0.15) is 30.9 Å². The summed E-state index contributed by atoms with van der Waals surface area (Å²) < 4.78 is 27.4. The number of hydrogen-bond acceptors (Lipinski definition) is 1. The van der Waals surface area contributed by atoms with Crippen molar-refractivity contribution >= 4 is 23.0 Å². The SMILES string of the molecule is C#CC(C)(CCCc1ccc(F)c(Nc2ccc(Cl)cc2)c1)c1ccc(F)cc1. The Kier molecular flexibility index (Phi) is 6.56. The molecule has 4 heteroatoms. The molecule has 1 nitrogen and oxygen atoms in total. The van der Waals surface area contributed by atoms with E-state index in [0.717, 1.165) is 36.1 Å². The highest BCUT2D eigenvalue weighted by atomic mass is 35.5. The fraction of sp³-hybridized carbons (Fsp3) is 0.200. The maximum atomic E-state index is 14.2. The zero-order chi connectivity index (χ0) is 20.9. The summed E-state index contributed by atoms with van der Waals surface area (Å²) in [6.07, 6.45) is 8.11. The van der Waals surface area contributed by atoms with Gasteiger partial charge in [-0.1, -0.05) is 35.7 Å². The summed E-state index contributed by atoms with van der Waals surface area (Å²) in [5.41, 5.74) is 2.65. The Balaban J connectivity index is 1.66. The van der Waals surface area contributed by atoms with Crippen LogP contribution in [0.2, 0.25) is 5.02 Å². The van der Waals surface area contributed by atoms with Crippen LogP contribution in [0.5, 0.6) is 0 Å². The van der Waals surface area contributed by atoms with Crippen molar-refractivity contribution in [3.05, 3.63) is 94.5 Å². The lowest BCUT2D eigenvalue weighted by Gasteiger charge is -2.24. The number of nitrogens with one attached hydrogen (secondary N) is 1. The largest absolute Gasteiger partial charge is 0.353 e. The van der Waals surface area contributed by atoms with Gasteiger partial charge in [-0.25, -0.2) is 8.78 Å². The van der Waals surface area contributed by atoms with Crippen LogP contribution < -0.4 is 5.32 Å². The van der Waals surface area contributed by atoms with E-state index in [1.807, 2.05) is 13.0 Å². The zero-order valence-electron chi connectivity index (χ0n) is 16.2. The molecule has 0 amide bonds. The van der Waals surface area contributed by atoms with Crippen LogP contribution in [-0.2, 0) is 11.8 Å². The lowest BCUT2D eigenvalue weighted by Crippen LogP contribution is -2.19. The quantitative estimate of drug-likeness (QED) is 0.404. The Morgan fingerprint density at radius 2 is 1.69 bits per heavy atom. The molecule has 0 radical (unpaired) electrons. The third kappa shape index (κ3) is 5.37. The number of benzene rings is 3. The van der Waals surface area contributed by atoms with Crippen molar-refractivity contribution < 1.29 is 8.78 Å². The van der Waals surface area contributed by atoms with Crippen LogP contribution in [0.15, 0.2) is 66.7 Å². The first-order chi connectivity index (χ1) is 13.9. The van der Waals surface area contributed by atoms with Gasteiger partial charge in [0.15, 0.2) is 0 Å². The lowest BCUT2D eigenvalue weighted by atomic mass is 9.78. The van der Waals surface area contributed by atoms with E-state index in [4.69, 9.17) is 18.0 Å². The lowest BCUT2D eigenvalue weighted by molar-refractivity contribution is 0.531. The van der Waals surface area contributed by atoms with E-state index in [2.05, 4.69) is 11.2 Å². The number of halogens is 3. The molecule has 0 aliphatic rings. The van der Waals surface area contributed by atoms with Gasteiger partial charge in [-0.15, -0.1) is 6.42 Å². The molecule has 0 saturated heterocycles. The van der Waals surface area contributed by atoms with E-state index in [0.29, 0.717) is 10.7 Å². The van der Waals surface area contributed by atoms with E-state index < -0.39 is 5.41 Å². The Labute approximate surface area is 175 Å². The number of aryl methyl sites for hydroxylation is 1. The van der Waals surface area contributed by atoms with E-state index in [1.165, 1.54) is 18.2 Å². The molecule has 0 aliphatic heterocycles. The summed E-state index contributed by atoms with van der Waals surface area (Å²) in [6, 6.07) is 18.5. The molecule has 1 unspecified atom stereocenters. The topological polar surface area (TPSA) is 12.0 Å². The van der Waals surface area contributed by atoms with Gasteiger partial charge < -0.3 is 5.32 Å². The summed E-state index contributed by atoms with van der Waals surface area (Å²) in [5, 5.41) is 3.71. The number of hydrogen-bond donors (Lipinski definition) is 1. The fourth-order valence-corrected chi connectivity index (χ4v) is 3.40. The van der Waals surface area contributed by atoms with Crippen molar-refractivity contribution in [3.8, 4) is 12.3 Å². The van der Waals surface area contributed by atoms with Crippen LogP contribution >= 0.6 is 11.6 Å². The molecule has 1 N–H and O–H groups in total. The van der Waals surface area contributed by atoms with Gasteiger partial charge in [0.25, 0.3) is 0 Å². The molecule has 0 fully saturated rings. The van der Waals surface area contributed by atoms with Crippen LogP contribution in [0.25, 0.3) is 0 Å². The minimum Gasteiger partial charge on any atom is -0.353 e. The molecule has 0 saturated carbocycles. The zero-order valence-corrected chi connectivity index (χ0v) is 16.9. The van der Waals surface area contributed by atoms with E-state index in [-0.39, 0.29) is 11.6 Å². The summed E-state index contributed by atoms with van der Waals surface area (Å²) in [5.74, 6) is 2.26. The Morgan fingerprint density at radius 1 is 1.00 bits per heavy atom. The molecule has 3 rings (SSSR count). The molecule has 0 spiro atoms. The van der Waals surface area contributed by atoms with Gasteiger partial charge in [-0.2, -0.15) is 0 Å². The van der Waals surface area contributed by atoms with Crippen LogP contribution in [0, 0.1) is 24.0 Å². The third-order valence-corrected chi connectivity index (χ3v) is 5.35. The van der Waals surface area contributed by atoms with E-state index in [9.17, 15) is 8.78 Å². The molecule has 3 aromatic carbocycles. The van der Waals surface area contributed by atoms with Crippen LogP contribution in [0.4, 0.5) is 20.2 Å². The van der Waals surface area contributed by atoms with Gasteiger partial charge in [0.05, 0.1) is 11.1 Å². The second-order valence-corrected chi connectivity index (χ2v) is 7.72. The molecule has 29 heavy (non-hydrogen) atoms.